The summed E-state index contributed by atoms with van der Waals surface area (Å²) in [5.74, 6) is -0.297. The largest absolute Gasteiger partial charge is 0.472 e. The number of halogens is 2. The van der Waals surface area contributed by atoms with Gasteiger partial charge in [0, 0.05) is 0 Å². The van der Waals surface area contributed by atoms with Gasteiger partial charge >= 0.3 is 14.5 Å². The Hall–Kier alpha value is -3.15. The van der Waals surface area contributed by atoms with E-state index in [0.717, 1.165) is 21.9 Å². The lowest BCUT2D eigenvalue weighted by molar-refractivity contribution is -0.0645. The Bertz CT molecular complexity index is 2010. The third kappa shape index (κ3) is 5.40. The number of rotatable bonds is 2. The first-order valence-corrected chi connectivity index (χ1v) is 16.8. The molecule has 21 nitrogen and oxygen atoms in total. The van der Waals surface area contributed by atoms with Crippen molar-refractivity contribution in [1.82, 2.24) is 44.5 Å². The van der Waals surface area contributed by atoms with Crippen LogP contribution in [0.2, 0.25) is 0 Å². The van der Waals surface area contributed by atoms with Crippen molar-refractivity contribution in [2.75, 3.05) is 18.9 Å². The Morgan fingerprint density at radius 1 is 0.978 bits per heavy atom. The number of ether oxygens (including phenoxy) is 2. The summed E-state index contributed by atoms with van der Waals surface area (Å²) in [7, 11) is -5.19. The predicted molar refractivity (Wildman–Crippen MR) is 144 cm³/mol. The predicted octanol–water partition coefficient (Wildman–Crippen LogP) is -1.16. The third-order valence-corrected chi connectivity index (χ3v) is 9.62. The Kier molecular flexibility index (Phi) is 7.44. The average molecular weight is 696 g/mol. The fraction of sp³-hybridized carbons (Fsp3) is 0.526. The lowest BCUT2D eigenvalue weighted by Gasteiger charge is -2.27. The molecule has 3 saturated heterocycles. The van der Waals surface area contributed by atoms with E-state index in [9.17, 15) is 23.9 Å². The maximum atomic E-state index is 15.8. The monoisotopic (exact) mass is 696 g/mol. The standard InChI is InChI=1S/C19H20F2N10O11P2S/c20-7-5-1-37-43(34,35)41-11-6(40-17(8(11)21)31-13-10(28-29-31)15(32)24-3-23-13)2-38-44(36,45)42-12(7)18(39-5)30-4-25-9-14(30)26-19(22)27-16(9)33/h3-8,11-12,17-18H,1-2H2,(H,34,35)(H,36,45)(H,23,24,32)(H3,22,26,27,33)/t5?,6-,7-,8+,11-,12-,17-,18-,44?/m1/s1. The van der Waals surface area contributed by atoms with Crippen molar-refractivity contribution in [3.63, 3.8) is 0 Å². The van der Waals surface area contributed by atoms with Gasteiger partial charge in [0.15, 0.2) is 47.1 Å². The van der Waals surface area contributed by atoms with Gasteiger partial charge in [0.05, 0.1) is 25.9 Å². The molecule has 0 radical (unpaired) electrons. The lowest BCUT2D eigenvalue weighted by Crippen LogP contribution is -2.34. The number of nitrogens with two attached hydrogens (primary N) is 1. The number of nitrogen functional groups attached to an aromatic ring is 1. The molecule has 0 saturated carbocycles. The van der Waals surface area contributed by atoms with Gasteiger partial charge in [0.2, 0.25) is 5.95 Å². The number of hydrogen-bond donors (Lipinski definition) is 5. The molecule has 7 rings (SSSR count). The summed E-state index contributed by atoms with van der Waals surface area (Å²) in [6.07, 6.45) is -12.5. The van der Waals surface area contributed by atoms with Crippen molar-refractivity contribution >= 4 is 54.6 Å². The van der Waals surface area contributed by atoms with Crippen molar-refractivity contribution in [3.05, 3.63) is 33.4 Å². The van der Waals surface area contributed by atoms with Crippen LogP contribution in [0.3, 0.4) is 0 Å². The minimum absolute atomic E-state index is 0.146. The Morgan fingerprint density at radius 3 is 2.53 bits per heavy atom. The van der Waals surface area contributed by atoms with Gasteiger partial charge in [-0.25, -0.2) is 23.3 Å². The third-order valence-electron chi connectivity index (χ3n) is 7.08. The van der Waals surface area contributed by atoms with E-state index in [-0.39, 0.29) is 28.3 Å². The van der Waals surface area contributed by atoms with Crippen molar-refractivity contribution in [3.8, 4) is 0 Å². The molecule has 6 N–H and O–H groups in total. The highest BCUT2D eigenvalue weighted by Crippen LogP contribution is 2.54. The van der Waals surface area contributed by atoms with E-state index >= 15 is 8.78 Å². The Balaban J connectivity index is 1.21. The smallest absolute Gasteiger partial charge is 0.369 e. The second-order valence-corrected chi connectivity index (χ2v) is 14.1. The van der Waals surface area contributed by atoms with Crippen LogP contribution in [0, 0.1) is 0 Å². The van der Waals surface area contributed by atoms with E-state index in [1.807, 2.05) is 0 Å². The van der Waals surface area contributed by atoms with Gasteiger partial charge in [0.1, 0.15) is 24.4 Å². The van der Waals surface area contributed by atoms with Crippen LogP contribution in [0.5, 0.6) is 0 Å². The number of fused-ring (bicyclic) bond motifs is 5. The maximum absolute atomic E-state index is 15.8. The van der Waals surface area contributed by atoms with Gasteiger partial charge < -0.3 is 34.5 Å². The molecule has 4 aromatic rings. The molecule has 0 aromatic carbocycles. The average Bonchev–Trinajstić information content (AvgIpc) is 3.72. The van der Waals surface area contributed by atoms with Crippen LogP contribution in [0.15, 0.2) is 22.2 Å². The highest BCUT2D eigenvalue weighted by molar-refractivity contribution is 8.07. The zero-order valence-corrected chi connectivity index (χ0v) is 24.6. The van der Waals surface area contributed by atoms with Crippen molar-refractivity contribution in [1.29, 1.82) is 0 Å². The van der Waals surface area contributed by atoms with Crippen LogP contribution in [-0.4, -0.2) is 104 Å². The number of nitrogens with one attached hydrogen (secondary N) is 2. The molecule has 7 heterocycles. The van der Waals surface area contributed by atoms with E-state index in [4.69, 9.17) is 45.1 Å². The molecular formula is C19H20F2N10O11P2S. The normalized spacial score (nSPS) is 37.7. The van der Waals surface area contributed by atoms with Gasteiger partial charge in [-0.2, -0.15) is 9.67 Å². The number of nitrogens with zero attached hydrogens (tertiary/aromatic N) is 7. The molecule has 0 amide bonds. The van der Waals surface area contributed by atoms with E-state index in [1.165, 1.54) is 0 Å². The molecule has 26 heteroatoms. The molecule has 4 aromatic heterocycles. The van der Waals surface area contributed by atoms with Crippen molar-refractivity contribution in [2.24, 2.45) is 0 Å². The molecule has 10 atom stereocenters. The van der Waals surface area contributed by atoms with Crippen LogP contribution in [0.4, 0.5) is 14.7 Å². The van der Waals surface area contributed by atoms with Gasteiger partial charge in [-0.05, 0) is 11.8 Å². The molecule has 3 unspecified atom stereocenters. The fourth-order valence-electron chi connectivity index (χ4n) is 5.10. The second kappa shape index (κ2) is 11.0. The van der Waals surface area contributed by atoms with Crippen LogP contribution in [0.25, 0.3) is 22.3 Å². The highest BCUT2D eigenvalue weighted by atomic mass is 32.5. The summed E-state index contributed by atoms with van der Waals surface area (Å²) >= 11 is 5.10. The summed E-state index contributed by atoms with van der Waals surface area (Å²) < 4.78 is 78.8. The van der Waals surface area contributed by atoms with Gasteiger partial charge in [0.25, 0.3) is 11.1 Å². The van der Waals surface area contributed by atoms with Crippen LogP contribution >= 0.6 is 14.5 Å². The minimum atomic E-state index is -5.19. The first-order chi connectivity index (χ1) is 21.3. The van der Waals surface area contributed by atoms with Crippen molar-refractivity contribution < 1.29 is 50.7 Å². The quantitative estimate of drug-likeness (QED) is 0.154. The first kappa shape index (κ1) is 30.5. The zero-order valence-electron chi connectivity index (χ0n) is 22.0. The first-order valence-electron chi connectivity index (χ1n) is 12.7. The molecule has 0 spiro atoms. The molecule has 242 valence electrons. The topological polar surface area (TPSA) is 279 Å². The summed E-state index contributed by atoms with van der Waals surface area (Å²) in [6.45, 7) is -6.19. The van der Waals surface area contributed by atoms with E-state index in [1.54, 1.807) is 0 Å². The molecule has 3 fully saturated rings. The number of hydrogen-bond acceptors (Lipinski definition) is 16. The zero-order chi connectivity index (χ0) is 31.8. The number of phosphoric acid groups is 1. The minimum Gasteiger partial charge on any atom is -0.369 e. The summed E-state index contributed by atoms with van der Waals surface area (Å²) in [5.41, 5.74) is 3.49. The van der Waals surface area contributed by atoms with E-state index in [0.29, 0.717) is 0 Å². The molecule has 0 aliphatic carbocycles. The summed E-state index contributed by atoms with van der Waals surface area (Å²) in [5, 5.41) is 7.37. The number of phosphoric ester groups is 1. The van der Waals surface area contributed by atoms with E-state index in [2.05, 4.69) is 35.2 Å². The second-order valence-electron chi connectivity index (χ2n) is 9.90. The van der Waals surface area contributed by atoms with E-state index < -0.39 is 88.1 Å². The summed E-state index contributed by atoms with van der Waals surface area (Å²) in [6, 6.07) is 0. The Labute approximate surface area is 251 Å². The van der Waals surface area contributed by atoms with Gasteiger partial charge in [-0.15, -0.1) is 5.10 Å². The number of alkyl halides is 2. The number of aromatic nitrogens is 9. The van der Waals surface area contributed by atoms with Gasteiger partial charge in [-0.3, -0.25) is 32.7 Å². The van der Waals surface area contributed by atoms with Crippen molar-refractivity contribution in [2.45, 2.75) is 49.2 Å². The number of aromatic amines is 2. The van der Waals surface area contributed by atoms with Crippen LogP contribution in [-0.2, 0) is 43.9 Å². The van der Waals surface area contributed by atoms with Crippen LogP contribution in [0.1, 0.15) is 12.5 Å². The lowest BCUT2D eigenvalue weighted by atomic mass is 10.1. The number of H-pyrrole nitrogens is 2. The number of imidazole rings is 1. The Morgan fingerprint density at radius 2 is 1.73 bits per heavy atom. The highest BCUT2D eigenvalue weighted by Gasteiger charge is 2.54. The molecule has 3 aliphatic heterocycles. The fourth-order valence-corrected chi connectivity index (χ4v) is 7.46. The number of anilines is 1. The van der Waals surface area contributed by atoms with Gasteiger partial charge in [-0.1, -0.05) is 5.21 Å². The molecule has 2 bridgehead atoms. The molecular weight excluding hydrogens is 676 g/mol. The van der Waals surface area contributed by atoms with Crippen LogP contribution < -0.4 is 16.9 Å². The SMILES string of the molecule is Nc1nc2c(ncn2[C@@H]2OC3COP(=O)(O)O[C@H]4[C@H](F)[C@H](n5nnc6c(=O)[nH]cnc65)O[C@@H]4COP(O)(=S)O[C@@H]2[C@@H]3F)c(=O)[nH]1. The maximum Gasteiger partial charge on any atom is 0.472 e. The summed E-state index contributed by atoms with van der Waals surface area (Å²) in [4.78, 5) is 62.1. The molecule has 3 aliphatic rings. The molecule has 45 heavy (non-hydrogen) atoms.